The number of hydrogen-bond acceptors (Lipinski definition) is 8. The lowest BCUT2D eigenvalue weighted by atomic mass is 9.98. The quantitative estimate of drug-likeness (QED) is 0.140. The zero-order chi connectivity index (χ0) is 37.3. The number of thiazole rings is 1. The van der Waals surface area contributed by atoms with E-state index < -0.39 is 17.2 Å². The Hall–Kier alpha value is -6.01. The Bertz CT molecular complexity index is 2410. The first kappa shape index (κ1) is 35.0. The molecule has 1 aliphatic heterocycles. The van der Waals surface area contributed by atoms with E-state index in [1.165, 1.54) is 6.07 Å². The number of nitrogens with zero attached hydrogens (tertiary/aromatic N) is 5. The fourth-order valence-electron chi connectivity index (χ4n) is 6.97. The summed E-state index contributed by atoms with van der Waals surface area (Å²) < 4.78 is 17.7. The van der Waals surface area contributed by atoms with Crippen molar-refractivity contribution in [2.45, 2.75) is 58.2 Å². The van der Waals surface area contributed by atoms with Gasteiger partial charge in [0.25, 0.3) is 5.91 Å². The number of nitrogens with one attached hydrogen (secondary N) is 1. The molecule has 3 N–H and O–H groups in total. The van der Waals surface area contributed by atoms with Gasteiger partial charge in [0.1, 0.15) is 22.2 Å². The molecule has 12 heteroatoms. The molecule has 2 amide bonds. The van der Waals surface area contributed by atoms with Gasteiger partial charge in [0.15, 0.2) is 0 Å². The molecule has 2 aromatic carbocycles. The maximum absolute atomic E-state index is 15.8. The summed E-state index contributed by atoms with van der Waals surface area (Å²) in [5.41, 5.74) is 11.1. The number of aryl methyl sites for hydroxylation is 1. The van der Waals surface area contributed by atoms with Crippen molar-refractivity contribution in [2.75, 3.05) is 11.1 Å². The molecule has 1 aliphatic carbocycles. The predicted octanol–water partition coefficient (Wildman–Crippen LogP) is 7.52. The summed E-state index contributed by atoms with van der Waals surface area (Å²) in [4.78, 5) is 54.8. The van der Waals surface area contributed by atoms with E-state index in [1.807, 2.05) is 52.1 Å². The second kappa shape index (κ2) is 14.8. The highest BCUT2D eigenvalue weighted by molar-refractivity contribution is 7.09. The van der Waals surface area contributed by atoms with Crippen molar-refractivity contribution in [1.82, 2.24) is 24.4 Å². The SMILES string of the molecule is Cc1ccc(-c2cn(CC3CC3)cc(C(=O)Nc3ccc(-c4cc(-c5ccc(C[C@@H]6CCC(=O)N6Cc6nccs6)cc5)cnc4N)c(F)c3)c2=O)nc1. The van der Waals surface area contributed by atoms with Crippen molar-refractivity contribution < 1.29 is 14.0 Å². The van der Waals surface area contributed by atoms with E-state index in [0.717, 1.165) is 52.9 Å². The van der Waals surface area contributed by atoms with Crippen LogP contribution in [0.1, 0.15) is 52.2 Å². The molecule has 2 aliphatic rings. The van der Waals surface area contributed by atoms with Gasteiger partial charge in [0.2, 0.25) is 11.3 Å². The van der Waals surface area contributed by atoms with Gasteiger partial charge in [0, 0.05) is 77.7 Å². The first-order chi connectivity index (χ1) is 26.2. The lowest BCUT2D eigenvalue weighted by molar-refractivity contribution is -0.129. The number of amides is 2. The molecule has 0 spiro atoms. The number of halogens is 1. The van der Waals surface area contributed by atoms with Crippen LogP contribution >= 0.6 is 11.3 Å². The van der Waals surface area contributed by atoms with E-state index in [-0.39, 0.29) is 34.6 Å². The smallest absolute Gasteiger partial charge is 0.261 e. The average Bonchev–Trinajstić information content (AvgIpc) is 3.71. The van der Waals surface area contributed by atoms with Crippen LogP contribution in [0, 0.1) is 18.7 Å². The third-order valence-electron chi connectivity index (χ3n) is 10.1. The van der Waals surface area contributed by atoms with E-state index >= 15 is 4.39 Å². The summed E-state index contributed by atoms with van der Waals surface area (Å²) in [6.07, 6.45) is 12.7. The topological polar surface area (TPSA) is 136 Å². The van der Waals surface area contributed by atoms with Crippen LogP contribution in [0.5, 0.6) is 0 Å². The Kier molecular flexibility index (Phi) is 9.59. The van der Waals surface area contributed by atoms with Crippen molar-refractivity contribution in [3.8, 4) is 33.5 Å². The van der Waals surface area contributed by atoms with E-state index in [1.54, 1.807) is 66.6 Å². The Morgan fingerprint density at radius 1 is 0.926 bits per heavy atom. The molecule has 4 aromatic heterocycles. The molecule has 1 atom stereocenters. The fraction of sp³-hybridized carbons (Fsp3) is 0.238. The molecule has 272 valence electrons. The average molecular weight is 740 g/mol. The first-order valence-electron chi connectivity index (χ1n) is 18.0. The van der Waals surface area contributed by atoms with Gasteiger partial charge < -0.3 is 20.5 Å². The molecule has 0 bridgehead atoms. The molecule has 6 aromatic rings. The van der Waals surface area contributed by atoms with Gasteiger partial charge in [-0.15, -0.1) is 11.3 Å². The van der Waals surface area contributed by atoms with Crippen LogP contribution in [-0.4, -0.2) is 42.3 Å². The van der Waals surface area contributed by atoms with Crippen LogP contribution in [0.25, 0.3) is 33.5 Å². The van der Waals surface area contributed by atoms with Gasteiger partial charge in [-0.05, 0) is 85.5 Å². The molecular formula is C42H38FN7O3S. The predicted molar refractivity (Wildman–Crippen MR) is 208 cm³/mol. The highest BCUT2D eigenvalue weighted by Crippen LogP contribution is 2.34. The Morgan fingerprint density at radius 3 is 2.48 bits per heavy atom. The number of benzene rings is 2. The maximum atomic E-state index is 15.8. The summed E-state index contributed by atoms with van der Waals surface area (Å²) >= 11 is 1.55. The Labute approximate surface area is 315 Å². The second-order valence-electron chi connectivity index (χ2n) is 14.1. The zero-order valence-corrected chi connectivity index (χ0v) is 30.5. The molecule has 2 fully saturated rings. The lowest BCUT2D eigenvalue weighted by Crippen LogP contribution is -2.33. The normalized spacial score (nSPS) is 15.5. The molecular weight excluding hydrogens is 702 g/mol. The second-order valence-corrected chi connectivity index (χ2v) is 15.1. The molecule has 0 unspecified atom stereocenters. The Morgan fingerprint density at radius 2 is 1.76 bits per heavy atom. The molecule has 1 saturated heterocycles. The number of nitrogens with two attached hydrogens (primary N) is 1. The standard InChI is InChI=1S/C42H38FN7O3S/c1-25-2-12-37(46-19-25)34-22-49(21-27-3-4-27)23-35(40(34)52)42(53)48-30-9-11-32(36(43)18-30)33-17-29(20-47-41(33)44)28-7-5-26(6-8-28)16-31-10-13-39(51)50(31)24-38-45-14-15-54-38/h2,5-9,11-12,14-15,17-20,22-23,27,31H,3-4,10,13,16,21,24H2,1H3,(H2,44,47)(H,48,53)/t31-/m0/s1. The number of nitrogen functional groups attached to an aromatic ring is 1. The van der Waals surface area contributed by atoms with Gasteiger partial charge in [0.05, 0.1) is 17.8 Å². The molecule has 1 saturated carbocycles. The van der Waals surface area contributed by atoms with Gasteiger partial charge in [-0.25, -0.2) is 14.4 Å². The van der Waals surface area contributed by atoms with Crippen LogP contribution in [0.3, 0.4) is 0 Å². The summed E-state index contributed by atoms with van der Waals surface area (Å²) in [7, 11) is 0. The number of anilines is 2. The highest BCUT2D eigenvalue weighted by Gasteiger charge is 2.31. The van der Waals surface area contributed by atoms with Crippen molar-refractivity contribution in [1.29, 1.82) is 0 Å². The van der Waals surface area contributed by atoms with Crippen molar-refractivity contribution in [3.63, 3.8) is 0 Å². The van der Waals surface area contributed by atoms with Crippen LogP contribution < -0.4 is 16.5 Å². The summed E-state index contributed by atoms with van der Waals surface area (Å²) in [5.74, 6) is -0.417. The minimum atomic E-state index is -0.635. The summed E-state index contributed by atoms with van der Waals surface area (Å²) in [6, 6.07) is 18.0. The first-order valence-corrected chi connectivity index (χ1v) is 18.9. The molecule has 8 rings (SSSR count). The molecule has 10 nitrogen and oxygen atoms in total. The number of carbonyl (C=O) groups is 2. The molecule has 0 radical (unpaired) electrons. The van der Waals surface area contributed by atoms with Gasteiger partial charge in [-0.3, -0.25) is 19.4 Å². The van der Waals surface area contributed by atoms with E-state index in [4.69, 9.17) is 5.73 Å². The van der Waals surface area contributed by atoms with Crippen molar-refractivity contribution in [2.24, 2.45) is 5.92 Å². The minimum Gasteiger partial charge on any atom is -0.383 e. The number of likely N-dealkylation sites (tertiary alicyclic amines) is 1. The lowest BCUT2D eigenvalue weighted by Gasteiger charge is -2.24. The van der Waals surface area contributed by atoms with Crippen LogP contribution in [0.4, 0.5) is 15.9 Å². The third-order valence-corrected chi connectivity index (χ3v) is 10.9. The summed E-state index contributed by atoms with van der Waals surface area (Å²) in [6.45, 7) is 3.14. The highest BCUT2D eigenvalue weighted by atomic mass is 32.1. The van der Waals surface area contributed by atoms with Gasteiger partial charge in [-0.1, -0.05) is 30.3 Å². The largest absolute Gasteiger partial charge is 0.383 e. The molecule has 5 heterocycles. The van der Waals surface area contributed by atoms with Crippen LogP contribution in [0.15, 0.2) is 102 Å². The van der Waals surface area contributed by atoms with Crippen LogP contribution in [-0.2, 0) is 24.3 Å². The Balaban J connectivity index is 0.991. The monoisotopic (exact) mass is 739 g/mol. The summed E-state index contributed by atoms with van der Waals surface area (Å²) in [5, 5.41) is 5.57. The maximum Gasteiger partial charge on any atom is 0.261 e. The molecule has 54 heavy (non-hydrogen) atoms. The fourth-order valence-corrected chi connectivity index (χ4v) is 7.58. The van der Waals surface area contributed by atoms with Gasteiger partial charge in [-0.2, -0.15) is 0 Å². The van der Waals surface area contributed by atoms with Gasteiger partial charge >= 0.3 is 0 Å². The number of aromatic nitrogens is 4. The number of carbonyl (C=O) groups excluding carboxylic acids is 2. The van der Waals surface area contributed by atoms with E-state index in [0.29, 0.717) is 42.2 Å². The minimum absolute atomic E-state index is 0.0445. The zero-order valence-electron chi connectivity index (χ0n) is 29.7. The van der Waals surface area contributed by atoms with E-state index in [2.05, 4.69) is 20.3 Å². The van der Waals surface area contributed by atoms with E-state index in [9.17, 15) is 14.4 Å². The third kappa shape index (κ3) is 7.56. The number of rotatable bonds is 11. The number of hydrogen-bond donors (Lipinski definition) is 2. The van der Waals surface area contributed by atoms with Crippen molar-refractivity contribution in [3.05, 3.63) is 135 Å². The van der Waals surface area contributed by atoms with Crippen molar-refractivity contribution >= 4 is 34.7 Å². The van der Waals surface area contributed by atoms with Crippen LogP contribution in [0.2, 0.25) is 0 Å². The number of pyridine rings is 3.